The first-order chi connectivity index (χ1) is 11.7. The lowest BCUT2D eigenvalue weighted by molar-refractivity contribution is -0.774. The van der Waals surface area contributed by atoms with E-state index in [1.165, 1.54) is 0 Å². The Morgan fingerprint density at radius 3 is 2.60 bits per heavy atom. The number of halogens is 1. The van der Waals surface area contributed by atoms with Gasteiger partial charge in [-0.3, -0.25) is 9.69 Å². The number of hydrogen-bond donors (Lipinski definition) is 2. The highest BCUT2D eigenvalue weighted by molar-refractivity contribution is 5.96. The molecule has 1 amide bonds. The van der Waals surface area contributed by atoms with Crippen molar-refractivity contribution >= 4 is 11.7 Å². The molecule has 0 saturated heterocycles. The van der Waals surface area contributed by atoms with E-state index in [-0.39, 0.29) is 18.3 Å². The van der Waals surface area contributed by atoms with Crippen molar-refractivity contribution in [2.24, 2.45) is 5.10 Å². The van der Waals surface area contributed by atoms with Gasteiger partial charge in [-0.1, -0.05) is 30.3 Å². The summed E-state index contributed by atoms with van der Waals surface area (Å²) in [6, 6.07) is 15.6. The Morgan fingerprint density at radius 1 is 1.16 bits per heavy atom. The molecule has 2 aromatic carbocycles. The number of amidine groups is 1. The largest absolute Gasteiger partial charge is 1.00 e. The van der Waals surface area contributed by atoms with E-state index in [2.05, 4.69) is 10.5 Å². The maximum atomic E-state index is 11.4. The van der Waals surface area contributed by atoms with Gasteiger partial charge in [0.05, 0.1) is 19.7 Å². The van der Waals surface area contributed by atoms with Crippen LogP contribution in [0.2, 0.25) is 0 Å². The molecule has 3 rings (SSSR count). The van der Waals surface area contributed by atoms with Crippen LogP contribution < -0.4 is 32.2 Å². The molecule has 1 aliphatic heterocycles. The summed E-state index contributed by atoms with van der Waals surface area (Å²) in [5.74, 6) is 1.98. The van der Waals surface area contributed by atoms with Gasteiger partial charge < -0.3 is 21.9 Å². The van der Waals surface area contributed by atoms with Gasteiger partial charge in [0.15, 0.2) is 18.0 Å². The Morgan fingerprint density at radius 2 is 1.92 bits per heavy atom. The molecule has 25 heavy (non-hydrogen) atoms. The molecule has 6 nitrogen and oxygen atoms in total. The zero-order valence-electron chi connectivity index (χ0n) is 14.1. The molecule has 0 radical (unpaired) electrons. The number of carbonyl (C=O) groups is 1. The van der Waals surface area contributed by atoms with Gasteiger partial charge in [-0.15, -0.1) is 5.10 Å². The topological polar surface area (TPSA) is 64.4 Å². The van der Waals surface area contributed by atoms with Crippen molar-refractivity contribution in [1.29, 1.82) is 0 Å². The lowest BCUT2D eigenvalue weighted by Crippen LogP contribution is -3.14. The van der Waals surface area contributed by atoms with E-state index < -0.39 is 0 Å². The van der Waals surface area contributed by atoms with E-state index in [0.717, 1.165) is 21.9 Å². The zero-order valence-corrected chi connectivity index (χ0v) is 14.8. The maximum absolute atomic E-state index is 11.4. The van der Waals surface area contributed by atoms with Crippen LogP contribution in [0.4, 0.5) is 0 Å². The Kier molecular flexibility index (Phi) is 6.38. The minimum absolute atomic E-state index is 0. The first-order valence-corrected chi connectivity index (χ1v) is 7.72. The van der Waals surface area contributed by atoms with Crippen LogP contribution in [0.25, 0.3) is 0 Å². The van der Waals surface area contributed by atoms with Crippen LogP contribution in [0, 0.1) is 0 Å². The van der Waals surface area contributed by atoms with E-state index >= 15 is 0 Å². The minimum atomic E-state index is -0.0916. The molecule has 7 heteroatoms. The van der Waals surface area contributed by atoms with E-state index in [1.807, 2.05) is 55.6 Å². The summed E-state index contributed by atoms with van der Waals surface area (Å²) in [6.07, 6.45) is 0. The fourth-order valence-corrected chi connectivity index (χ4v) is 2.56. The van der Waals surface area contributed by atoms with Gasteiger partial charge in [0.2, 0.25) is 0 Å². The Hall–Kier alpha value is -2.57. The number of benzene rings is 2. The van der Waals surface area contributed by atoms with Crippen LogP contribution in [0.1, 0.15) is 11.1 Å². The molecule has 1 heterocycles. The fourth-order valence-electron chi connectivity index (χ4n) is 2.56. The number of rotatable bonds is 5. The van der Waals surface area contributed by atoms with E-state index in [9.17, 15) is 4.79 Å². The standard InChI is InChI=1S/C18H19N3O3.ClH/c1-21-11-17(22)19-20-18(21)14-8-9-15(16(10-14)23-2)24-12-13-6-4-3-5-7-13;/h3-10H,11-12H2,1-2H3,(H,19,22);1H. The normalized spacial score (nSPS) is 16.3. The van der Waals surface area contributed by atoms with Crippen LogP contribution in [0.15, 0.2) is 53.6 Å². The molecule has 132 valence electrons. The Labute approximate surface area is 152 Å². The summed E-state index contributed by atoms with van der Waals surface area (Å²) in [5, 5.41) is 4.14. The highest BCUT2D eigenvalue weighted by Gasteiger charge is 2.24. The number of likely N-dealkylation sites (N-methyl/N-ethyl adjacent to an activating group) is 1. The number of ether oxygens (including phenoxy) is 2. The molecular weight excluding hydrogens is 342 g/mol. The number of amides is 1. The molecule has 2 N–H and O–H groups in total. The second-order valence-corrected chi connectivity index (χ2v) is 5.59. The zero-order chi connectivity index (χ0) is 16.9. The molecule has 0 fully saturated rings. The molecule has 0 aromatic heterocycles. The third-order valence-corrected chi connectivity index (χ3v) is 3.80. The molecule has 0 saturated carbocycles. The second-order valence-electron chi connectivity index (χ2n) is 5.59. The number of carbonyl (C=O) groups excluding carboxylic acids is 1. The first kappa shape index (κ1) is 18.8. The van der Waals surface area contributed by atoms with Crippen molar-refractivity contribution in [3.63, 3.8) is 0 Å². The fraction of sp³-hybridized carbons (Fsp3) is 0.222. The van der Waals surface area contributed by atoms with E-state index in [0.29, 0.717) is 24.7 Å². The van der Waals surface area contributed by atoms with Crippen molar-refractivity contribution in [3.8, 4) is 11.5 Å². The van der Waals surface area contributed by atoms with Gasteiger partial charge in [-0.2, -0.15) is 0 Å². The van der Waals surface area contributed by atoms with Crippen LogP contribution >= 0.6 is 0 Å². The predicted octanol–water partition coefficient (Wildman–Crippen LogP) is -2.42. The highest BCUT2D eigenvalue weighted by atomic mass is 35.5. The maximum Gasteiger partial charge on any atom is 0.295 e. The number of nitrogens with zero attached hydrogens (tertiary/aromatic N) is 1. The molecule has 1 aliphatic rings. The summed E-state index contributed by atoms with van der Waals surface area (Å²) >= 11 is 0. The van der Waals surface area contributed by atoms with E-state index in [4.69, 9.17) is 9.47 Å². The Balaban J connectivity index is 0.00000225. The van der Waals surface area contributed by atoms with Crippen LogP contribution in [-0.2, 0) is 11.4 Å². The van der Waals surface area contributed by atoms with Crippen molar-refractivity contribution in [1.82, 2.24) is 5.43 Å². The quantitative estimate of drug-likeness (QED) is 0.623. The molecule has 0 aliphatic carbocycles. The minimum Gasteiger partial charge on any atom is -1.00 e. The lowest BCUT2D eigenvalue weighted by atomic mass is 10.1. The predicted molar refractivity (Wildman–Crippen MR) is 90.2 cm³/mol. The average molecular weight is 362 g/mol. The van der Waals surface area contributed by atoms with Crippen LogP contribution in [0.3, 0.4) is 0 Å². The molecule has 1 unspecified atom stereocenters. The number of methoxy groups -OCH3 is 1. The average Bonchev–Trinajstić information content (AvgIpc) is 2.61. The molecular formula is C18H20ClN3O3. The van der Waals surface area contributed by atoms with Crippen LogP contribution in [0.5, 0.6) is 11.5 Å². The van der Waals surface area contributed by atoms with Gasteiger partial charge in [-0.05, 0) is 23.8 Å². The van der Waals surface area contributed by atoms with Gasteiger partial charge in [0.25, 0.3) is 11.7 Å². The number of hydrazone groups is 1. The van der Waals surface area contributed by atoms with Gasteiger partial charge in [-0.25, -0.2) is 5.43 Å². The summed E-state index contributed by atoms with van der Waals surface area (Å²) in [6.45, 7) is 0.826. The summed E-state index contributed by atoms with van der Waals surface area (Å²) in [5.41, 5.74) is 4.49. The van der Waals surface area contributed by atoms with Gasteiger partial charge in [0.1, 0.15) is 6.61 Å². The molecule has 2 aromatic rings. The summed E-state index contributed by atoms with van der Waals surface area (Å²) in [7, 11) is 3.51. The number of nitrogens with one attached hydrogen (secondary N) is 2. The van der Waals surface area contributed by atoms with Gasteiger partial charge in [0, 0.05) is 0 Å². The monoisotopic (exact) mass is 361 g/mol. The van der Waals surface area contributed by atoms with Crippen LogP contribution in [-0.4, -0.2) is 32.4 Å². The van der Waals surface area contributed by atoms with Gasteiger partial charge >= 0.3 is 0 Å². The molecule has 0 spiro atoms. The van der Waals surface area contributed by atoms with Crippen molar-refractivity contribution in [2.45, 2.75) is 6.61 Å². The lowest BCUT2D eigenvalue weighted by Gasteiger charge is -2.19. The van der Waals surface area contributed by atoms with Crippen molar-refractivity contribution < 1.29 is 31.6 Å². The van der Waals surface area contributed by atoms with E-state index in [1.54, 1.807) is 7.11 Å². The highest BCUT2D eigenvalue weighted by Crippen LogP contribution is 2.28. The third-order valence-electron chi connectivity index (χ3n) is 3.80. The number of hydrogen-bond acceptors (Lipinski definition) is 4. The second kappa shape index (κ2) is 8.50. The Bertz CT molecular complexity index is 765. The molecule has 0 bridgehead atoms. The van der Waals surface area contributed by atoms with Crippen molar-refractivity contribution in [2.75, 3.05) is 20.7 Å². The summed E-state index contributed by atoms with van der Waals surface area (Å²) in [4.78, 5) is 12.3. The first-order valence-electron chi connectivity index (χ1n) is 7.72. The third kappa shape index (κ3) is 4.49. The van der Waals surface area contributed by atoms with Crippen molar-refractivity contribution in [3.05, 3.63) is 59.7 Å². The number of quaternary nitrogens is 1. The molecule has 1 atom stereocenters. The smallest absolute Gasteiger partial charge is 0.295 e. The summed E-state index contributed by atoms with van der Waals surface area (Å²) < 4.78 is 11.3. The SMILES string of the molecule is COc1cc(C2=NNC(=O)C[NH+]2C)ccc1OCc1ccccc1.[Cl-].